The molecule has 1 saturated heterocycles. The van der Waals surface area contributed by atoms with E-state index in [1.165, 1.54) is 0 Å². The fourth-order valence-corrected chi connectivity index (χ4v) is 2.16. The van der Waals surface area contributed by atoms with Crippen LogP contribution in [-0.4, -0.2) is 23.9 Å². The van der Waals surface area contributed by atoms with Gasteiger partial charge in [-0.3, -0.25) is 0 Å². The molecule has 1 unspecified atom stereocenters. The molecule has 0 aromatic heterocycles. The number of alkyl halides is 3. The highest BCUT2D eigenvalue weighted by atomic mass is 19.4. The second-order valence-electron chi connectivity index (χ2n) is 4.08. The molecule has 3 nitrogen and oxygen atoms in total. The van der Waals surface area contributed by atoms with E-state index >= 15 is 0 Å². The first-order valence-corrected chi connectivity index (χ1v) is 5.58. The first-order chi connectivity index (χ1) is 8.47. The Morgan fingerprint density at radius 3 is 2.56 bits per heavy atom. The summed E-state index contributed by atoms with van der Waals surface area (Å²) in [5, 5.41) is 0. The Morgan fingerprint density at radius 2 is 1.94 bits per heavy atom. The monoisotopic (exact) mass is 259 g/mol. The summed E-state index contributed by atoms with van der Waals surface area (Å²) in [6.45, 7) is 0.286. The van der Waals surface area contributed by atoms with Crippen molar-refractivity contribution >= 4 is 6.09 Å². The molecule has 6 heteroatoms. The molecule has 0 aliphatic carbocycles. The molecule has 18 heavy (non-hydrogen) atoms. The van der Waals surface area contributed by atoms with Crippen LogP contribution < -0.4 is 0 Å². The lowest BCUT2D eigenvalue weighted by molar-refractivity contribution is -0.295. The largest absolute Gasteiger partial charge is 0.576 e. The maximum Gasteiger partial charge on any atom is 0.576 e. The van der Waals surface area contributed by atoms with E-state index < -0.39 is 12.5 Å². The number of benzene rings is 1. The van der Waals surface area contributed by atoms with Crippen molar-refractivity contribution in [2.75, 3.05) is 6.54 Å². The Kier molecular flexibility index (Phi) is 3.45. The fourth-order valence-electron chi connectivity index (χ4n) is 2.16. The summed E-state index contributed by atoms with van der Waals surface area (Å²) >= 11 is 0. The molecule has 1 aliphatic heterocycles. The Labute approximate surface area is 102 Å². The van der Waals surface area contributed by atoms with Crippen LogP contribution >= 0.6 is 0 Å². The van der Waals surface area contributed by atoms with Crippen molar-refractivity contribution in [2.45, 2.75) is 25.2 Å². The van der Waals surface area contributed by atoms with Crippen molar-refractivity contribution in [2.24, 2.45) is 0 Å². The van der Waals surface area contributed by atoms with E-state index in [2.05, 4.69) is 4.74 Å². The predicted molar refractivity (Wildman–Crippen MR) is 57.7 cm³/mol. The van der Waals surface area contributed by atoms with E-state index in [9.17, 15) is 18.0 Å². The number of nitrogens with zero attached hydrogens (tertiary/aromatic N) is 1. The highest BCUT2D eigenvalue weighted by molar-refractivity contribution is 5.69. The Morgan fingerprint density at radius 1 is 1.28 bits per heavy atom. The van der Waals surface area contributed by atoms with Crippen molar-refractivity contribution in [3.8, 4) is 0 Å². The van der Waals surface area contributed by atoms with Crippen molar-refractivity contribution in [1.82, 2.24) is 4.90 Å². The molecular weight excluding hydrogens is 247 g/mol. The molecule has 1 amide bonds. The summed E-state index contributed by atoms with van der Waals surface area (Å²) in [7, 11) is 0. The summed E-state index contributed by atoms with van der Waals surface area (Å²) in [5.74, 6) is 0. The molecular formula is C12H12F3NO2. The van der Waals surface area contributed by atoms with E-state index in [0.29, 0.717) is 12.8 Å². The molecule has 1 heterocycles. The normalized spacial score (nSPS) is 19.9. The first-order valence-electron chi connectivity index (χ1n) is 5.58. The zero-order valence-corrected chi connectivity index (χ0v) is 9.48. The van der Waals surface area contributed by atoms with E-state index in [1.807, 2.05) is 6.07 Å². The van der Waals surface area contributed by atoms with Gasteiger partial charge in [-0.1, -0.05) is 30.3 Å². The zero-order chi connectivity index (χ0) is 13.2. The zero-order valence-electron chi connectivity index (χ0n) is 9.48. The van der Waals surface area contributed by atoms with Crippen LogP contribution in [0, 0.1) is 0 Å². The fraction of sp³-hybridized carbons (Fsp3) is 0.417. The van der Waals surface area contributed by atoms with Crippen LogP contribution in [-0.2, 0) is 4.74 Å². The minimum Gasteiger partial charge on any atom is -0.356 e. The van der Waals surface area contributed by atoms with Crippen LogP contribution in [0.25, 0.3) is 0 Å². The van der Waals surface area contributed by atoms with Gasteiger partial charge in [0.1, 0.15) is 0 Å². The number of ether oxygens (including phenoxy) is 1. The summed E-state index contributed by atoms with van der Waals surface area (Å²) < 4.78 is 39.5. The van der Waals surface area contributed by atoms with Crippen LogP contribution in [0.4, 0.5) is 18.0 Å². The highest BCUT2D eigenvalue weighted by Crippen LogP contribution is 2.33. The van der Waals surface area contributed by atoms with E-state index in [1.54, 1.807) is 24.3 Å². The number of carbonyl (C=O) groups is 1. The molecule has 0 bridgehead atoms. The Balaban J connectivity index is 2.11. The van der Waals surface area contributed by atoms with Gasteiger partial charge in [0.05, 0.1) is 6.04 Å². The minimum atomic E-state index is -4.93. The standard InChI is InChI=1S/C12H12F3NO2/c13-12(14,15)18-11(17)16-8-4-7-10(16)9-5-2-1-3-6-9/h1-3,5-6,10H,4,7-8H2. The lowest BCUT2D eigenvalue weighted by Gasteiger charge is -2.24. The van der Waals surface area contributed by atoms with Crippen LogP contribution in [0.15, 0.2) is 30.3 Å². The number of amides is 1. The van der Waals surface area contributed by atoms with Crippen molar-refractivity contribution in [1.29, 1.82) is 0 Å². The Hall–Kier alpha value is -1.72. The molecule has 0 spiro atoms. The third-order valence-electron chi connectivity index (χ3n) is 2.87. The van der Waals surface area contributed by atoms with Crippen LogP contribution in [0.3, 0.4) is 0 Å². The van der Waals surface area contributed by atoms with Gasteiger partial charge in [-0.25, -0.2) is 4.79 Å². The van der Waals surface area contributed by atoms with Gasteiger partial charge in [0, 0.05) is 6.54 Å². The average molecular weight is 259 g/mol. The number of likely N-dealkylation sites (tertiary alicyclic amines) is 1. The first kappa shape index (κ1) is 12.7. The van der Waals surface area contributed by atoms with Gasteiger partial charge in [0.25, 0.3) is 0 Å². The van der Waals surface area contributed by atoms with Crippen LogP contribution in [0.2, 0.25) is 0 Å². The smallest absolute Gasteiger partial charge is 0.356 e. The molecule has 2 rings (SSSR count). The molecule has 1 fully saturated rings. The van der Waals surface area contributed by atoms with Gasteiger partial charge < -0.3 is 9.64 Å². The summed E-state index contributed by atoms with van der Waals surface area (Å²) in [4.78, 5) is 12.6. The third kappa shape index (κ3) is 2.94. The Bertz CT molecular complexity index is 419. The minimum absolute atomic E-state index is 0.286. The van der Waals surface area contributed by atoms with Crippen molar-refractivity contribution in [3.63, 3.8) is 0 Å². The predicted octanol–water partition coefficient (Wildman–Crippen LogP) is 3.48. The van der Waals surface area contributed by atoms with Gasteiger partial charge in [0.2, 0.25) is 0 Å². The van der Waals surface area contributed by atoms with E-state index in [4.69, 9.17) is 0 Å². The van der Waals surface area contributed by atoms with Gasteiger partial charge in [-0.05, 0) is 18.4 Å². The molecule has 1 aromatic rings. The second kappa shape index (κ2) is 4.88. The summed E-state index contributed by atoms with van der Waals surface area (Å²) in [5.41, 5.74) is 0.828. The maximum atomic E-state index is 12.0. The molecule has 1 aliphatic rings. The highest BCUT2D eigenvalue weighted by Gasteiger charge is 2.39. The summed E-state index contributed by atoms with van der Waals surface area (Å²) in [6, 6.07) is 8.66. The van der Waals surface area contributed by atoms with Gasteiger partial charge in [-0.15, -0.1) is 13.2 Å². The SMILES string of the molecule is O=C(OC(F)(F)F)N1CCCC1c1ccccc1. The van der Waals surface area contributed by atoms with Crippen LogP contribution in [0.1, 0.15) is 24.4 Å². The quantitative estimate of drug-likeness (QED) is 0.772. The molecule has 98 valence electrons. The number of halogens is 3. The number of rotatable bonds is 1. The molecule has 0 saturated carbocycles. The lowest BCUT2D eigenvalue weighted by Crippen LogP contribution is -2.34. The maximum absolute atomic E-state index is 12.0. The second-order valence-corrected chi connectivity index (χ2v) is 4.08. The number of hydrogen-bond acceptors (Lipinski definition) is 2. The van der Waals surface area contributed by atoms with Gasteiger partial charge in [-0.2, -0.15) is 0 Å². The third-order valence-corrected chi connectivity index (χ3v) is 2.87. The van der Waals surface area contributed by atoms with Crippen LogP contribution in [0.5, 0.6) is 0 Å². The van der Waals surface area contributed by atoms with Crippen molar-refractivity contribution in [3.05, 3.63) is 35.9 Å². The number of carbonyl (C=O) groups excluding carboxylic acids is 1. The van der Waals surface area contributed by atoms with E-state index in [0.717, 1.165) is 10.5 Å². The molecule has 0 N–H and O–H groups in total. The molecule has 1 atom stereocenters. The van der Waals surface area contributed by atoms with E-state index in [-0.39, 0.29) is 12.6 Å². The number of hydrogen-bond donors (Lipinski definition) is 0. The molecule has 1 aromatic carbocycles. The summed E-state index contributed by atoms with van der Waals surface area (Å²) in [6.07, 6.45) is -4.93. The lowest BCUT2D eigenvalue weighted by atomic mass is 10.1. The average Bonchev–Trinajstić information content (AvgIpc) is 2.76. The van der Waals surface area contributed by atoms with Gasteiger partial charge in [0.15, 0.2) is 0 Å². The molecule has 0 radical (unpaired) electrons. The van der Waals surface area contributed by atoms with Gasteiger partial charge >= 0.3 is 12.5 Å². The topological polar surface area (TPSA) is 29.5 Å². The van der Waals surface area contributed by atoms with Crippen molar-refractivity contribution < 1.29 is 22.7 Å².